The van der Waals surface area contributed by atoms with Gasteiger partial charge in [-0.3, -0.25) is 4.98 Å². The third-order valence-electron chi connectivity index (χ3n) is 2.39. The van der Waals surface area contributed by atoms with Gasteiger partial charge in [0.1, 0.15) is 5.69 Å². The molecular formula is C13H11ClF2N2O2. The van der Waals surface area contributed by atoms with E-state index in [0.717, 1.165) is 0 Å². The van der Waals surface area contributed by atoms with Crippen molar-refractivity contribution in [3.05, 3.63) is 35.7 Å². The standard InChI is InChI=1S/C13H11ClF2N2O2/c1-2-19-10-7-8(3-4-9(10)20-13(15)16)11-12(14)18-6-5-17-11/h3-7,13H,2H2,1H3. The van der Waals surface area contributed by atoms with Gasteiger partial charge in [-0.2, -0.15) is 8.78 Å². The molecule has 0 N–H and O–H groups in total. The zero-order valence-corrected chi connectivity index (χ0v) is 11.3. The summed E-state index contributed by atoms with van der Waals surface area (Å²) in [7, 11) is 0. The molecule has 4 nitrogen and oxygen atoms in total. The number of nitrogens with zero attached hydrogens (tertiary/aromatic N) is 2. The number of rotatable bonds is 5. The largest absolute Gasteiger partial charge is 0.490 e. The average Bonchev–Trinajstić information content (AvgIpc) is 2.41. The van der Waals surface area contributed by atoms with Gasteiger partial charge < -0.3 is 9.47 Å². The van der Waals surface area contributed by atoms with Crippen molar-refractivity contribution in [1.82, 2.24) is 9.97 Å². The molecule has 0 saturated carbocycles. The maximum absolute atomic E-state index is 12.3. The SMILES string of the molecule is CCOc1cc(-c2nccnc2Cl)ccc1OC(F)F. The van der Waals surface area contributed by atoms with Gasteiger partial charge in [-0.1, -0.05) is 11.6 Å². The number of benzene rings is 1. The summed E-state index contributed by atoms with van der Waals surface area (Å²) in [5.41, 5.74) is 1.05. The molecule has 0 saturated heterocycles. The Morgan fingerprint density at radius 2 is 1.95 bits per heavy atom. The topological polar surface area (TPSA) is 44.2 Å². The summed E-state index contributed by atoms with van der Waals surface area (Å²) in [6.45, 7) is -0.856. The van der Waals surface area contributed by atoms with E-state index in [-0.39, 0.29) is 16.7 Å². The molecule has 0 radical (unpaired) electrons. The van der Waals surface area contributed by atoms with E-state index in [4.69, 9.17) is 16.3 Å². The maximum Gasteiger partial charge on any atom is 0.387 e. The van der Waals surface area contributed by atoms with Crippen LogP contribution in [0.2, 0.25) is 5.15 Å². The molecule has 20 heavy (non-hydrogen) atoms. The molecule has 0 bridgehead atoms. The summed E-state index contributed by atoms with van der Waals surface area (Å²) in [5, 5.41) is 0.220. The molecule has 106 valence electrons. The summed E-state index contributed by atoms with van der Waals surface area (Å²) >= 11 is 5.95. The summed E-state index contributed by atoms with van der Waals surface area (Å²) in [6, 6.07) is 4.49. The third-order valence-corrected chi connectivity index (χ3v) is 2.66. The highest BCUT2D eigenvalue weighted by Gasteiger charge is 2.14. The molecule has 0 aliphatic heterocycles. The summed E-state index contributed by atoms with van der Waals surface area (Å²) < 4.78 is 34.3. The molecule has 1 heterocycles. The van der Waals surface area contributed by atoms with E-state index in [1.165, 1.54) is 24.5 Å². The first-order chi connectivity index (χ1) is 9.61. The van der Waals surface area contributed by atoms with Crippen molar-refractivity contribution >= 4 is 11.6 Å². The van der Waals surface area contributed by atoms with Gasteiger partial charge in [0.25, 0.3) is 0 Å². The van der Waals surface area contributed by atoms with Crippen LogP contribution in [0.4, 0.5) is 8.78 Å². The first-order valence-electron chi connectivity index (χ1n) is 5.80. The minimum absolute atomic E-state index is 0.0365. The second kappa shape index (κ2) is 6.47. The van der Waals surface area contributed by atoms with Gasteiger partial charge in [-0.15, -0.1) is 0 Å². The number of halogens is 3. The molecule has 7 heteroatoms. The third kappa shape index (κ3) is 3.33. The molecule has 0 aliphatic rings. The fraction of sp³-hybridized carbons (Fsp3) is 0.231. The van der Waals surface area contributed by atoms with Crippen LogP contribution in [0.3, 0.4) is 0 Å². The van der Waals surface area contributed by atoms with Gasteiger partial charge in [-0.05, 0) is 25.1 Å². The summed E-state index contributed by atoms with van der Waals surface area (Å²) in [5.74, 6) is 0.164. The number of hydrogen-bond acceptors (Lipinski definition) is 4. The van der Waals surface area contributed by atoms with Crippen molar-refractivity contribution in [1.29, 1.82) is 0 Å². The first kappa shape index (κ1) is 14.5. The molecule has 0 amide bonds. The van der Waals surface area contributed by atoms with Gasteiger partial charge in [-0.25, -0.2) is 4.98 Å². The van der Waals surface area contributed by atoms with Crippen LogP contribution in [-0.2, 0) is 0 Å². The van der Waals surface area contributed by atoms with E-state index in [0.29, 0.717) is 17.9 Å². The van der Waals surface area contributed by atoms with Crippen LogP contribution in [0.5, 0.6) is 11.5 Å². The van der Waals surface area contributed by atoms with Crippen LogP contribution in [0.1, 0.15) is 6.92 Å². The quantitative estimate of drug-likeness (QED) is 0.842. The maximum atomic E-state index is 12.3. The second-order valence-electron chi connectivity index (χ2n) is 3.67. The lowest BCUT2D eigenvalue weighted by Crippen LogP contribution is -2.04. The zero-order chi connectivity index (χ0) is 14.5. The molecule has 2 rings (SSSR count). The highest BCUT2D eigenvalue weighted by atomic mass is 35.5. The minimum Gasteiger partial charge on any atom is -0.490 e. The van der Waals surface area contributed by atoms with Crippen LogP contribution in [-0.4, -0.2) is 23.2 Å². The Kier molecular flexibility index (Phi) is 4.68. The first-order valence-corrected chi connectivity index (χ1v) is 6.18. The Balaban J connectivity index is 2.42. The van der Waals surface area contributed by atoms with Crippen molar-refractivity contribution in [3.63, 3.8) is 0 Å². The molecule has 1 aromatic heterocycles. The molecule has 0 fully saturated rings. The van der Waals surface area contributed by atoms with Gasteiger partial charge in [0.05, 0.1) is 6.61 Å². The van der Waals surface area contributed by atoms with Crippen molar-refractivity contribution in [2.75, 3.05) is 6.61 Å². The highest BCUT2D eigenvalue weighted by Crippen LogP contribution is 2.34. The summed E-state index contributed by atoms with van der Waals surface area (Å²) in [6.07, 6.45) is 2.95. The Hall–Kier alpha value is -1.95. The Morgan fingerprint density at radius 3 is 2.60 bits per heavy atom. The van der Waals surface area contributed by atoms with Crippen molar-refractivity contribution < 1.29 is 18.3 Å². The molecular weight excluding hydrogens is 290 g/mol. The van der Waals surface area contributed by atoms with E-state index in [1.54, 1.807) is 13.0 Å². The van der Waals surface area contributed by atoms with Crippen molar-refractivity contribution in [3.8, 4) is 22.8 Å². The van der Waals surface area contributed by atoms with Gasteiger partial charge in [0.15, 0.2) is 16.7 Å². The van der Waals surface area contributed by atoms with Crippen molar-refractivity contribution in [2.24, 2.45) is 0 Å². The van der Waals surface area contributed by atoms with Crippen LogP contribution >= 0.6 is 11.6 Å². The fourth-order valence-corrected chi connectivity index (χ4v) is 1.85. The normalized spacial score (nSPS) is 10.7. The van der Waals surface area contributed by atoms with Crippen LogP contribution < -0.4 is 9.47 Å². The number of alkyl halides is 2. The predicted molar refractivity (Wildman–Crippen MR) is 70.3 cm³/mol. The molecule has 1 aromatic carbocycles. The van der Waals surface area contributed by atoms with E-state index in [9.17, 15) is 8.78 Å². The Labute approximate surface area is 119 Å². The number of aromatic nitrogens is 2. The monoisotopic (exact) mass is 300 g/mol. The van der Waals surface area contributed by atoms with E-state index in [1.807, 2.05) is 0 Å². The van der Waals surface area contributed by atoms with E-state index in [2.05, 4.69) is 14.7 Å². The molecule has 0 aliphatic carbocycles. The minimum atomic E-state index is -2.92. The number of hydrogen-bond donors (Lipinski definition) is 0. The smallest absolute Gasteiger partial charge is 0.387 e. The fourth-order valence-electron chi connectivity index (χ4n) is 1.63. The molecule has 2 aromatic rings. The van der Waals surface area contributed by atoms with Gasteiger partial charge in [0, 0.05) is 18.0 Å². The lowest BCUT2D eigenvalue weighted by atomic mass is 10.1. The molecule has 0 spiro atoms. The second-order valence-corrected chi connectivity index (χ2v) is 4.03. The van der Waals surface area contributed by atoms with E-state index >= 15 is 0 Å². The molecule has 0 unspecified atom stereocenters. The zero-order valence-electron chi connectivity index (χ0n) is 10.5. The van der Waals surface area contributed by atoms with Crippen LogP contribution in [0.15, 0.2) is 30.6 Å². The van der Waals surface area contributed by atoms with Crippen LogP contribution in [0.25, 0.3) is 11.3 Å². The highest BCUT2D eigenvalue weighted by molar-refractivity contribution is 6.31. The lowest BCUT2D eigenvalue weighted by Gasteiger charge is -2.12. The summed E-state index contributed by atoms with van der Waals surface area (Å²) in [4.78, 5) is 8.01. The Bertz CT molecular complexity index is 596. The van der Waals surface area contributed by atoms with Gasteiger partial charge >= 0.3 is 6.61 Å². The average molecular weight is 301 g/mol. The number of ether oxygens (including phenoxy) is 2. The molecule has 0 atom stereocenters. The van der Waals surface area contributed by atoms with Crippen molar-refractivity contribution in [2.45, 2.75) is 13.5 Å². The lowest BCUT2D eigenvalue weighted by molar-refractivity contribution is -0.0514. The Morgan fingerprint density at radius 1 is 1.20 bits per heavy atom. The predicted octanol–water partition coefficient (Wildman–Crippen LogP) is 3.80. The van der Waals surface area contributed by atoms with Gasteiger partial charge in [0.2, 0.25) is 0 Å². The van der Waals surface area contributed by atoms with E-state index < -0.39 is 6.61 Å². The van der Waals surface area contributed by atoms with Crippen LogP contribution in [0, 0.1) is 0 Å².